The highest BCUT2D eigenvalue weighted by molar-refractivity contribution is 9.25. The number of aromatic nitrogens is 2. The molecule has 1 aromatic rings. The molecule has 0 saturated heterocycles. The standard InChI is InChI=1S/C9H12Br2N2/c1-5-8(6(2)13(3)12-5)7-4-9(7,10)11/h7H,4H2,1-3H3. The van der Waals surface area contributed by atoms with Crippen LogP contribution in [-0.2, 0) is 7.05 Å². The van der Waals surface area contributed by atoms with Crippen LogP contribution in [0.2, 0.25) is 0 Å². The van der Waals surface area contributed by atoms with Crippen LogP contribution in [0.5, 0.6) is 0 Å². The second-order valence-electron chi connectivity index (χ2n) is 3.73. The second-order valence-corrected chi connectivity index (χ2v) is 7.62. The Hall–Kier alpha value is 0.170. The van der Waals surface area contributed by atoms with Crippen molar-refractivity contribution in [3.63, 3.8) is 0 Å². The minimum absolute atomic E-state index is 0.137. The summed E-state index contributed by atoms with van der Waals surface area (Å²) in [4.78, 5) is 0. The van der Waals surface area contributed by atoms with E-state index < -0.39 is 0 Å². The summed E-state index contributed by atoms with van der Waals surface area (Å²) in [5, 5.41) is 4.41. The van der Waals surface area contributed by atoms with Crippen LogP contribution in [0.1, 0.15) is 29.3 Å². The molecule has 1 unspecified atom stereocenters. The molecule has 1 fully saturated rings. The van der Waals surface area contributed by atoms with Gasteiger partial charge in [0, 0.05) is 24.2 Å². The summed E-state index contributed by atoms with van der Waals surface area (Å²) in [5.74, 6) is 0.584. The molecule has 0 bridgehead atoms. The van der Waals surface area contributed by atoms with Crippen molar-refractivity contribution >= 4 is 31.9 Å². The molecule has 1 aromatic heterocycles. The van der Waals surface area contributed by atoms with Crippen molar-refractivity contribution in [3.8, 4) is 0 Å². The van der Waals surface area contributed by atoms with E-state index in [1.165, 1.54) is 11.3 Å². The van der Waals surface area contributed by atoms with Crippen molar-refractivity contribution in [2.24, 2.45) is 7.05 Å². The predicted molar refractivity (Wildman–Crippen MR) is 60.6 cm³/mol. The van der Waals surface area contributed by atoms with E-state index in [1.54, 1.807) is 0 Å². The average molecular weight is 308 g/mol. The second kappa shape index (κ2) is 2.83. The first-order chi connectivity index (χ1) is 5.93. The van der Waals surface area contributed by atoms with Gasteiger partial charge in [-0.25, -0.2) is 0 Å². The van der Waals surface area contributed by atoms with E-state index in [-0.39, 0.29) is 3.23 Å². The summed E-state index contributed by atoms with van der Waals surface area (Å²) in [5.41, 5.74) is 3.84. The third-order valence-corrected chi connectivity index (χ3v) is 4.49. The number of nitrogens with zero attached hydrogens (tertiary/aromatic N) is 2. The molecule has 1 heterocycles. The molecule has 1 saturated carbocycles. The molecular formula is C9H12Br2N2. The maximum absolute atomic E-state index is 4.41. The first kappa shape index (κ1) is 9.71. The van der Waals surface area contributed by atoms with Crippen molar-refractivity contribution in [1.29, 1.82) is 0 Å². The van der Waals surface area contributed by atoms with Gasteiger partial charge in [0.25, 0.3) is 0 Å². The van der Waals surface area contributed by atoms with Crippen molar-refractivity contribution in [2.75, 3.05) is 0 Å². The lowest BCUT2D eigenvalue weighted by Crippen LogP contribution is -1.95. The summed E-state index contributed by atoms with van der Waals surface area (Å²) >= 11 is 7.29. The SMILES string of the molecule is Cc1nn(C)c(C)c1C1CC1(Br)Br. The Morgan fingerprint density at radius 2 is 2.00 bits per heavy atom. The molecule has 13 heavy (non-hydrogen) atoms. The molecule has 0 spiro atoms. The maximum Gasteiger partial charge on any atom is 0.0882 e. The third kappa shape index (κ3) is 1.48. The van der Waals surface area contributed by atoms with Gasteiger partial charge >= 0.3 is 0 Å². The Bertz CT molecular complexity index is 355. The molecular weight excluding hydrogens is 296 g/mol. The normalized spacial score (nSPS) is 24.8. The van der Waals surface area contributed by atoms with Crippen LogP contribution in [0.4, 0.5) is 0 Å². The van der Waals surface area contributed by atoms with Crippen LogP contribution in [-0.4, -0.2) is 13.0 Å². The highest BCUT2D eigenvalue weighted by atomic mass is 79.9. The van der Waals surface area contributed by atoms with Crippen LogP contribution in [0.3, 0.4) is 0 Å². The van der Waals surface area contributed by atoms with Gasteiger partial charge in [0.05, 0.1) is 8.93 Å². The summed E-state index contributed by atoms with van der Waals surface area (Å²) in [7, 11) is 2.00. The first-order valence-corrected chi connectivity index (χ1v) is 5.90. The van der Waals surface area contributed by atoms with Gasteiger partial charge in [-0.05, 0) is 20.3 Å². The Balaban J connectivity index is 2.42. The number of alkyl halides is 2. The summed E-state index contributed by atoms with van der Waals surface area (Å²) in [6, 6.07) is 0. The van der Waals surface area contributed by atoms with Crippen LogP contribution in [0.15, 0.2) is 0 Å². The number of rotatable bonds is 1. The van der Waals surface area contributed by atoms with E-state index in [0.29, 0.717) is 5.92 Å². The Morgan fingerprint density at radius 3 is 2.31 bits per heavy atom. The fourth-order valence-electron chi connectivity index (χ4n) is 1.82. The minimum Gasteiger partial charge on any atom is -0.272 e. The molecule has 0 aromatic carbocycles. The molecule has 1 aliphatic rings. The number of aryl methyl sites for hydroxylation is 2. The van der Waals surface area contributed by atoms with Gasteiger partial charge in [-0.15, -0.1) is 0 Å². The molecule has 1 atom stereocenters. The van der Waals surface area contributed by atoms with E-state index in [4.69, 9.17) is 0 Å². The molecule has 0 N–H and O–H groups in total. The quantitative estimate of drug-likeness (QED) is 0.729. The summed E-state index contributed by atoms with van der Waals surface area (Å²) < 4.78 is 2.09. The summed E-state index contributed by atoms with van der Waals surface area (Å²) in [6.45, 7) is 4.21. The largest absolute Gasteiger partial charge is 0.272 e. The van der Waals surface area contributed by atoms with Gasteiger partial charge in [-0.2, -0.15) is 5.10 Å². The van der Waals surface area contributed by atoms with Crippen molar-refractivity contribution < 1.29 is 0 Å². The molecule has 4 heteroatoms. The van der Waals surface area contributed by atoms with Gasteiger partial charge in [-0.3, -0.25) is 4.68 Å². The zero-order valence-electron chi connectivity index (χ0n) is 7.93. The van der Waals surface area contributed by atoms with Gasteiger partial charge in [-0.1, -0.05) is 31.9 Å². The number of hydrogen-bond acceptors (Lipinski definition) is 1. The maximum atomic E-state index is 4.41. The smallest absolute Gasteiger partial charge is 0.0882 e. The van der Waals surface area contributed by atoms with E-state index >= 15 is 0 Å². The lowest BCUT2D eigenvalue weighted by atomic mass is 10.1. The molecule has 0 aliphatic heterocycles. The van der Waals surface area contributed by atoms with Gasteiger partial charge in [0.1, 0.15) is 0 Å². The predicted octanol–water partition coefficient (Wildman–Crippen LogP) is 3.01. The van der Waals surface area contributed by atoms with Gasteiger partial charge in [0.2, 0.25) is 0 Å². The molecule has 1 aliphatic carbocycles. The number of hydrogen-bond donors (Lipinski definition) is 0. The third-order valence-electron chi connectivity index (χ3n) is 2.74. The lowest BCUT2D eigenvalue weighted by molar-refractivity contribution is 0.730. The fourth-order valence-corrected chi connectivity index (χ4v) is 2.93. The van der Waals surface area contributed by atoms with Crippen LogP contribution in [0.25, 0.3) is 0 Å². The van der Waals surface area contributed by atoms with E-state index in [2.05, 4.69) is 50.8 Å². The van der Waals surface area contributed by atoms with Crippen molar-refractivity contribution in [3.05, 3.63) is 17.0 Å². The highest BCUT2D eigenvalue weighted by Crippen LogP contribution is 2.63. The zero-order chi connectivity index (χ0) is 9.80. The highest BCUT2D eigenvalue weighted by Gasteiger charge is 2.52. The molecule has 0 radical (unpaired) electrons. The first-order valence-electron chi connectivity index (χ1n) is 4.31. The lowest BCUT2D eigenvalue weighted by Gasteiger charge is -2.01. The fraction of sp³-hybridized carbons (Fsp3) is 0.667. The monoisotopic (exact) mass is 306 g/mol. The molecule has 2 rings (SSSR count). The van der Waals surface area contributed by atoms with Gasteiger partial charge < -0.3 is 0 Å². The van der Waals surface area contributed by atoms with Crippen LogP contribution >= 0.6 is 31.9 Å². The number of halogens is 2. The van der Waals surface area contributed by atoms with Crippen LogP contribution in [0, 0.1) is 13.8 Å². The Kier molecular flexibility index (Phi) is 2.11. The van der Waals surface area contributed by atoms with Crippen LogP contribution < -0.4 is 0 Å². The molecule has 0 amide bonds. The van der Waals surface area contributed by atoms with Crippen molar-refractivity contribution in [1.82, 2.24) is 9.78 Å². The minimum atomic E-state index is 0.137. The van der Waals surface area contributed by atoms with E-state index in [0.717, 1.165) is 12.1 Å². The Morgan fingerprint density at radius 1 is 1.46 bits per heavy atom. The van der Waals surface area contributed by atoms with Crippen molar-refractivity contribution in [2.45, 2.75) is 29.4 Å². The molecule has 2 nitrogen and oxygen atoms in total. The average Bonchev–Trinajstić information content (AvgIpc) is 2.51. The van der Waals surface area contributed by atoms with E-state index in [1.807, 2.05) is 11.7 Å². The van der Waals surface area contributed by atoms with E-state index in [9.17, 15) is 0 Å². The Labute approximate surface area is 95.0 Å². The zero-order valence-corrected chi connectivity index (χ0v) is 11.1. The topological polar surface area (TPSA) is 17.8 Å². The van der Waals surface area contributed by atoms with Gasteiger partial charge in [0.15, 0.2) is 0 Å². The molecule has 72 valence electrons. The summed E-state index contributed by atoms with van der Waals surface area (Å²) in [6.07, 6.45) is 1.15.